The topological polar surface area (TPSA) is 39.9 Å². The minimum absolute atomic E-state index is 0.793. The largest absolute Gasteiger partial charge is 0.497 e. The third kappa shape index (κ3) is 3.98. The summed E-state index contributed by atoms with van der Waals surface area (Å²) in [4.78, 5) is 1.55. The number of nitrogens with zero attached hydrogens (tertiary/aromatic N) is 3. The molecule has 3 aromatic rings. The molecule has 0 N–H and O–H groups in total. The number of rotatable bonds is 7. The predicted octanol–water partition coefficient (Wildman–Crippen LogP) is 5.84. The molecular weight excluding hydrogens is 386 g/mol. The van der Waals surface area contributed by atoms with Crippen LogP contribution in [0.1, 0.15) is 42.7 Å². The van der Waals surface area contributed by atoms with Crippen molar-refractivity contribution in [3.63, 3.8) is 0 Å². The summed E-state index contributed by atoms with van der Waals surface area (Å²) in [5, 5.41) is 12.5. The maximum atomic E-state index is 5.34. The molecule has 4 rings (SSSR count). The molecule has 0 aliphatic heterocycles. The molecule has 148 valence electrons. The molecule has 0 fully saturated rings. The number of methoxy groups -OCH3 is 1. The highest BCUT2D eigenvalue weighted by Crippen LogP contribution is 2.38. The fourth-order valence-electron chi connectivity index (χ4n) is 3.79. The molecule has 0 saturated heterocycles. The fraction of sp³-hybridized carbons (Fsp3) is 0.455. The van der Waals surface area contributed by atoms with E-state index in [1.54, 1.807) is 23.7 Å². The average Bonchev–Trinajstić information content (AvgIpc) is 3.30. The van der Waals surface area contributed by atoms with Gasteiger partial charge in [0.05, 0.1) is 7.11 Å². The highest BCUT2D eigenvalue weighted by Gasteiger charge is 2.24. The van der Waals surface area contributed by atoms with Crippen molar-refractivity contribution in [3.05, 3.63) is 45.6 Å². The molecule has 1 atom stereocenters. The number of hydrogen-bond donors (Lipinski definition) is 0. The Hall–Kier alpha value is -1.79. The number of fused-ring (bicyclic) bond motifs is 1. The molecule has 1 unspecified atom stereocenters. The summed E-state index contributed by atoms with van der Waals surface area (Å²) >= 11 is 3.65. The van der Waals surface area contributed by atoms with Crippen molar-refractivity contribution in [2.75, 3.05) is 7.11 Å². The molecule has 0 bridgehead atoms. The smallest absolute Gasteiger partial charge is 0.191 e. The Kier molecular flexibility index (Phi) is 6.07. The van der Waals surface area contributed by atoms with Gasteiger partial charge in [-0.1, -0.05) is 37.7 Å². The summed E-state index contributed by atoms with van der Waals surface area (Å²) in [7, 11) is 1.71. The first-order chi connectivity index (χ1) is 13.7. The summed E-state index contributed by atoms with van der Waals surface area (Å²) in [5.74, 6) is 3.59. The minimum Gasteiger partial charge on any atom is -0.497 e. The quantitative estimate of drug-likeness (QED) is 0.456. The van der Waals surface area contributed by atoms with Crippen molar-refractivity contribution in [2.24, 2.45) is 5.92 Å². The van der Waals surface area contributed by atoms with Crippen LogP contribution in [0.4, 0.5) is 0 Å². The molecular formula is C22H27N3OS2. The van der Waals surface area contributed by atoms with Gasteiger partial charge in [-0.15, -0.1) is 21.5 Å². The highest BCUT2D eigenvalue weighted by atomic mass is 32.2. The van der Waals surface area contributed by atoms with Crippen LogP contribution >= 0.6 is 23.1 Å². The summed E-state index contributed by atoms with van der Waals surface area (Å²) in [6, 6.07) is 8.24. The van der Waals surface area contributed by atoms with Gasteiger partial charge in [-0.05, 0) is 54.9 Å². The number of aromatic nitrogens is 3. The van der Waals surface area contributed by atoms with E-state index in [0.717, 1.165) is 41.4 Å². The Balaban J connectivity index is 1.59. The van der Waals surface area contributed by atoms with Crippen LogP contribution in [-0.4, -0.2) is 21.9 Å². The van der Waals surface area contributed by atoms with Crippen LogP contribution in [0.2, 0.25) is 0 Å². The molecule has 1 aromatic carbocycles. The van der Waals surface area contributed by atoms with E-state index in [1.807, 2.05) is 23.5 Å². The van der Waals surface area contributed by atoms with Crippen molar-refractivity contribution in [2.45, 2.75) is 57.0 Å². The Morgan fingerprint density at radius 2 is 2.21 bits per heavy atom. The fourth-order valence-corrected chi connectivity index (χ4v) is 5.95. The average molecular weight is 414 g/mol. The normalized spacial score (nSPS) is 16.2. The summed E-state index contributed by atoms with van der Waals surface area (Å²) in [5.41, 5.74) is 4.05. The third-order valence-electron chi connectivity index (χ3n) is 5.31. The Morgan fingerprint density at radius 3 is 3.04 bits per heavy atom. The molecule has 1 aliphatic rings. The van der Waals surface area contributed by atoms with Gasteiger partial charge in [0.25, 0.3) is 0 Å². The van der Waals surface area contributed by atoms with E-state index in [-0.39, 0.29) is 0 Å². The number of hydrogen-bond acceptors (Lipinski definition) is 5. The van der Waals surface area contributed by atoms with E-state index in [2.05, 4.69) is 46.1 Å². The lowest BCUT2D eigenvalue weighted by Crippen LogP contribution is -2.10. The number of thiophene rings is 1. The number of ether oxygens (including phenoxy) is 1. The predicted molar refractivity (Wildman–Crippen MR) is 117 cm³/mol. The molecule has 0 spiro atoms. The van der Waals surface area contributed by atoms with Crippen LogP contribution in [0, 0.1) is 5.92 Å². The number of benzene rings is 1. The van der Waals surface area contributed by atoms with Crippen LogP contribution in [-0.2, 0) is 25.1 Å². The maximum absolute atomic E-state index is 5.34. The van der Waals surface area contributed by atoms with Crippen molar-refractivity contribution in [1.29, 1.82) is 0 Å². The van der Waals surface area contributed by atoms with Crippen LogP contribution in [0.3, 0.4) is 0 Å². The Morgan fingerprint density at radius 1 is 1.32 bits per heavy atom. The van der Waals surface area contributed by atoms with E-state index < -0.39 is 0 Å². The zero-order valence-corrected chi connectivity index (χ0v) is 18.4. The lowest BCUT2D eigenvalue weighted by molar-refractivity contribution is 0.414. The lowest BCUT2D eigenvalue weighted by atomic mass is 9.88. The molecule has 6 heteroatoms. The van der Waals surface area contributed by atoms with Gasteiger partial charge in [0.2, 0.25) is 0 Å². The van der Waals surface area contributed by atoms with E-state index in [9.17, 15) is 0 Å². The number of thioether (sulfide) groups is 1. The van der Waals surface area contributed by atoms with Gasteiger partial charge in [0, 0.05) is 28.1 Å². The second-order valence-corrected chi connectivity index (χ2v) is 9.40. The lowest BCUT2D eigenvalue weighted by Gasteiger charge is -2.19. The van der Waals surface area contributed by atoms with Gasteiger partial charge in [0.15, 0.2) is 11.0 Å². The van der Waals surface area contributed by atoms with Crippen LogP contribution in [0.25, 0.3) is 11.4 Å². The van der Waals surface area contributed by atoms with Gasteiger partial charge in [0.1, 0.15) is 5.75 Å². The van der Waals surface area contributed by atoms with Gasteiger partial charge in [-0.25, -0.2) is 0 Å². The zero-order valence-electron chi connectivity index (χ0n) is 16.8. The second-order valence-electron chi connectivity index (χ2n) is 7.50. The van der Waals surface area contributed by atoms with Crippen LogP contribution in [0.5, 0.6) is 5.75 Å². The van der Waals surface area contributed by atoms with Crippen LogP contribution < -0.4 is 4.74 Å². The molecule has 28 heavy (non-hydrogen) atoms. The first-order valence-corrected chi connectivity index (χ1v) is 11.8. The van der Waals surface area contributed by atoms with Crippen molar-refractivity contribution in [3.8, 4) is 17.1 Å². The third-order valence-corrected chi connectivity index (χ3v) is 7.40. The summed E-state index contributed by atoms with van der Waals surface area (Å²) < 4.78 is 7.65. The highest BCUT2D eigenvalue weighted by molar-refractivity contribution is 7.98. The van der Waals surface area contributed by atoms with Gasteiger partial charge in [-0.2, -0.15) is 0 Å². The van der Waals surface area contributed by atoms with E-state index in [4.69, 9.17) is 4.74 Å². The zero-order chi connectivity index (χ0) is 19.5. The monoisotopic (exact) mass is 413 g/mol. The SMILES string of the molecule is CCCn1c(SCc2cccc(OC)c2)nnc1-c1csc2c1CCC(C)C2. The van der Waals surface area contributed by atoms with Gasteiger partial charge < -0.3 is 9.30 Å². The van der Waals surface area contributed by atoms with Crippen molar-refractivity contribution in [1.82, 2.24) is 14.8 Å². The van der Waals surface area contributed by atoms with Crippen LogP contribution in [0.15, 0.2) is 34.8 Å². The first kappa shape index (κ1) is 19.5. The molecule has 4 nitrogen and oxygen atoms in total. The Labute approximate surface area is 175 Å². The molecule has 0 radical (unpaired) electrons. The van der Waals surface area contributed by atoms with Crippen molar-refractivity contribution < 1.29 is 4.74 Å². The van der Waals surface area contributed by atoms with Gasteiger partial charge in [-0.3, -0.25) is 0 Å². The molecule has 2 heterocycles. The summed E-state index contributed by atoms with van der Waals surface area (Å²) in [6.45, 7) is 5.52. The maximum Gasteiger partial charge on any atom is 0.191 e. The van der Waals surface area contributed by atoms with Gasteiger partial charge >= 0.3 is 0 Å². The first-order valence-electron chi connectivity index (χ1n) is 9.98. The molecule has 0 saturated carbocycles. The van der Waals surface area contributed by atoms with E-state index >= 15 is 0 Å². The molecule has 1 aliphatic carbocycles. The Bertz CT molecular complexity index is 947. The second kappa shape index (κ2) is 8.70. The minimum atomic E-state index is 0.793. The van der Waals surface area contributed by atoms with E-state index in [0.29, 0.717) is 0 Å². The standard InChI is InChI=1S/C22H27N3OS2/c1-4-10-25-21(19-14-27-20-11-15(2)8-9-18(19)20)23-24-22(25)28-13-16-6-5-7-17(12-16)26-3/h5-7,12,14-15H,4,8-11,13H2,1-3H3. The van der Waals surface area contributed by atoms with Crippen molar-refractivity contribution >= 4 is 23.1 Å². The molecule has 2 aromatic heterocycles. The van der Waals surface area contributed by atoms with E-state index in [1.165, 1.54) is 36.0 Å². The summed E-state index contributed by atoms with van der Waals surface area (Å²) in [6.07, 6.45) is 4.72. The molecule has 0 amide bonds.